The van der Waals surface area contributed by atoms with E-state index in [1.165, 1.54) is 5.69 Å². The first-order valence-electron chi connectivity index (χ1n) is 6.22. The van der Waals surface area contributed by atoms with Gasteiger partial charge in [0.25, 0.3) is 0 Å². The first-order chi connectivity index (χ1) is 8.42. The summed E-state index contributed by atoms with van der Waals surface area (Å²) in [4.78, 5) is 2.37. The molecule has 0 aromatic heterocycles. The number of nitrogens with zero attached hydrogens (tertiary/aromatic N) is 1. The standard InChI is InChI=1S/C14H21N3O/c1-10-8-11(13(15)16)4-5-12(10)17-6-7-18-9-14(17,2)3/h4-5,8H,6-7,9H2,1-3H3,(H3,15,16). The third-order valence-corrected chi connectivity index (χ3v) is 3.44. The van der Waals surface area contributed by atoms with Crippen molar-refractivity contribution in [2.24, 2.45) is 5.73 Å². The summed E-state index contributed by atoms with van der Waals surface area (Å²) in [7, 11) is 0. The largest absolute Gasteiger partial charge is 0.384 e. The Bertz CT molecular complexity index is 468. The van der Waals surface area contributed by atoms with E-state index >= 15 is 0 Å². The van der Waals surface area contributed by atoms with Gasteiger partial charge in [-0.15, -0.1) is 0 Å². The Morgan fingerprint density at radius 2 is 2.17 bits per heavy atom. The summed E-state index contributed by atoms with van der Waals surface area (Å²) in [5.74, 6) is 0.117. The molecule has 0 unspecified atom stereocenters. The fraction of sp³-hybridized carbons (Fsp3) is 0.500. The van der Waals surface area contributed by atoms with Crippen LogP contribution in [0.5, 0.6) is 0 Å². The summed E-state index contributed by atoms with van der Waals surface area (Å²) in [5.41, 5.74) is 8.65. The van der Waals surface area contributed by atoms with Crippen molar-refractivity contribution < 1.29 is 4.74 Å². The van der Waals surface area contributed by atoms with Gasteiger partial charge in [0.15, 0.2) is 0 Å². The van der Waals surface area contributed by atoms with Gasteiger partial charge in [-0.05, 0) is 44.5 Å². The lowest BCUT2D eigenvalue weighted by atomic mass is 9.99. The molecular formula is C14H21N3O. The average molecular weight is 247 g/mol. The summed E-state index contributed by atoms with van der Waals surface area (Å²) in [6.45, 7) is 8.83. The zero-order valence-corrected chi connectivity index (χ0v) is 11.3. The Morgan fingerprint density at radius 1 is 1.44 bits per heavy atom. The molecule has 1 aliphatic heterocycles. The molecule has 1 aliphatic rings. The van der Waals surface area contributed by atoms with Gasteiger partial charge in [-0.2, -0.15) is 0 Å². The van der Waals surface area contributed by atoms with Crippen LogP contribution in [0.3, 0.4) is 0 Å². The zero-order valence-electron chi connectivity index (χ0n) is 11.3. The second-order valence-electron chi connectivity index (χ2n) is 5.43. The van der Waals surface area contributed by atoms with Gasteiger partial charge >= 0.3 is 0 Å². The smallest absolute Gasteiger partial charge is 0.122 e. The maximum atomic E-state index is 7.47. The van der Waals surface area contributed by atoms with Crippen LogP contribution in [-0.2, 0) is 4.74 Å². The third kappa shape index (κ3) is 2.34. The van der Waals surface area contributed by atoms with Crippen LogP contribution >= 0.6 is 0 Å². The molecule has 2 rings (SSSR count). The Balaban J connectivity index is 2.36. The number of nitrogen functional groups attached to an aromatic ring is 1. The predicted molar refractivity (Wildman–Crippen MR) is 74.4 cm³/mol. The second-order valence-corrected chi connectivity index (χ2v) is 5.43. The van der Waals surface area contributed by atoms with Gasteiger partial charge in [0.2, 0.25) is 0 Å². The van der Waals surface area contributed by atoms with Crippen LogP contribution < -0.4 is 10.6 Å². The maximum Gasteiger partial charge on any atom is 0.122 e. The molecule has 0 saturated carbocycles. The summed E-state index contributed by atoms with van der Waals surface area (Å²) in [6, 6.07) is 5.94. The molecule has 18 heavy (non-hydrogen) atoms. The molecule has 0 atom stereocenters. The van der Waals surface area contributed by atoms with Crippen LogP contribution in [0.15, 0.2) is 18.2 Å². The highest BCUT2D eigenvalue weighted by Gasteiger charge is 2.31. The Labute approximate surface area is 108 Å². The van der Waals surface area contributed by atoms with E-state index in [1.807, 2.05) is 12.1 Å². The minimum atomic E-state index is 0.000744. The molecule has 98 valence electrons. The van der Waals surface area contributed by atoms with Crippen molar-refractivity contribution in [1.29, 1.82) is 5.41 Å². The second kappa shape index (κ2) is 4.61. The molecule has 1 fully saturated rings. The number of amidine groups is 1. The van der Waals surface area contributed by atoms with Crippen LogP contribution in [0.1, 0.15) is 25.0 Å². The van der Waals surface area contributed by atoms with Crippen molar-refractivity contribution >= 4 is 11.5 Å². The minimum Gasteiger partial charge on any atom is -0.384 e. The third-order valence-electron chi connectivity index (χ3n) is 3.44. The Kier molecular flexibility index (Phi) is 3.30. The molecule has 1 aromatic carbocycles. The number of benzene rings is 1. The topological polar surface area (TPSA) is 62.3 Å². The molecule has 4 heteroatoms. The van der Waals surface area contributed by atoms with Crippen LogP contribution in [-0.4, -0.2) is 31.1 Å². The van der Waals surface area contributed by atoms with Gasteiger partial charge in [0.1, 0.15) is 5.84 Å². The van der Waals surface area contributed by atoms with E-state index in [2.05, 4.69) is 31.7 Å². The summed E-state index contributed by atoms with van der Waals surface area (Å²) in [5, 5.41) is 7.47. The maximum absolute atomic E-state index is 7.47. The van der Waals surface area contributed by atoms with Crippen LogP contribution in [0.25, 0.3) is 0 Å². The van der Waals surface area contributed by atoms with Crippen molar-refractivity contribution in [3.63, 3.8) is 0 Å². The minimum absolute atomic E-state index is 0.000744. The zero-order chi connectivity index (χ0) is 13.3. The molecule has 0 bridgehead atoms. The number of aryl methyl sites for hydroxylation is 1. The molecule has 0 spiro atoms. The summed E-state index contributed by atoms with van der Waals surface area (Å²) in [6.07, 6.45) is 0. The molecule has 1 aromatic rings. The number of hydrogen-bond donors (Lipinski definition) is 2. The first kappa shape index (κ1) is 12.9. The summed E-state index contributed by atoms with van der Waals surface area (Å²) < 4.78 is 5.54. The van der Waals surface area contributed by atoms with E-state index in [-0.39, 0.29) is 11.4 Å². The Hall–Kier alpha value is -1.55. The van der Waals surface area contributed by atoms with E-state index in [4.69, 9.17) is 15.9 Å². The molecule has 1 heterocycles. The van der Waals surface area contributed by atoms with E-state index in [0.717, 1.165) is 30.9 Å². The van der Waals surface area contributed by atoms with Gasteiger partial charge in [0, 0.05) is 17.8 Å². The van der Waals surface area contributed by atoms with E-state index in [9.17, 15) is 0 Å². The average Bonchev–Trinajstić information content (AvgIpc) is 2.29. The molecule has 0 aliphatic carbocycles. The molecule has 3 N–H and O–H groups in total. The molecular weight excluding hydrogens is 226 g/mol. The van der Waals surface area contributed by atoms with E-state index in [0.29, 0.717) is 0 Å². The molecule has 0 amide bonds. The van der Waals surface area contributed by atoms with Crippen molar-refractivity contribution in [2.45, 2.75) is 26.3 Å². The van der Waals surface area contributed by atoms with Crippen molar-refractivity contribution in [3.05, 3.63) is 29.3 Å². The predicted octanol–water partition coefficient (Wildman–Crippen LogP) is 1.89. The quantitative estimate of drug-likeness (QED) is 0.619. The Morgan fingerprint density at radius 3 is 2.72 bits per heavy atom. The number of rotatable bonds is 2. The monoisotopic (exact) mass is 247 g/mol. The van der Waals surface area contributed by atoms with Gasteiger partial charge < -0.3 is 15.4 Å². The van der Waals surface area contributed by atoms with Crippen LogP contribution in [0.4, 0.5) is 5.69 Å². The number of hydrogen-bond acceptors (Lipinski definition) is 3. The van der Waals surface area contributed by atoms with Crippen molar-refractivity contribution in [3.8, 4) is 0 Å². The number of ether oxygens (including phenoxy) is 1. The highest BCUT2D eigenvalue weighted by atomic mass is 16.5. The van der Waals surface area contributed by atoms with Crippen molar-refractivity contribution in [1.82, 2.24) is 0 Å². The van der Waals surface area contributed by atoms with E-state index < -0.39 is 0 Å². The van der Waals surface area contributed by atoms with E-state index in [1.54, 1.807) is 0 Å². The van der Waals surface area contributed by atoms with Gasteiger partial charge in [-0.1, -0.05) is 0 Å². The molecule has 0 radical (unpaired) electrons. The van der Waals surface area contributed by atoms with Gasteiger partial charge in [-0.3, -0.25) is 5.41 Å². The fourth-order valence-electron chi connectivity index (χ4n) is 2.43. The normalized spacial score (nSPS) is 18.7. The van der Waals surface area contributed by atoms with Gasteiger partial charge in [-0.25, -0.2) is 0 Å². The van der Waals surface area contributed by atoms with Crippen molar-refractivity contribution in [2.75, 3.05) is 24.7 Å². The highest BCUT2D eigenvalue weighted by Crippen LogP contribution is 2.30. The van der Waals surface area contributed by atoms with Crippen LogP contribution in [0.2, 0.25) is 0 Å². The first-order valence-corrected chi connectivity index (χ1v) is 6.22. The molecule has 1 saturated heterocycles. The lowest BCUT2D eigenvalue weighted by molar-refractivity contribution is 0.0643. The molecule has 4 nitrogen and oxygen atoms in total. The number of nitrogens with two attached hydrogens (primary N) is 1. The number of nitrogens with one attached hydrogen (secondary N) is 1. The van der Waals surface area contributed by atoms with Gasteiger partial charge in [0.05, 0.1) is 18.8 Å². The fourth-order valence-corrected chi connectivity index (χ4v) is 2.43. The highest BCUT2D eigenvalue weighted by molar-refractivity contribution is 5.95. The number of anilines is 1. The van der Waals surface area contributed by atoms with Crippen LogP contribution in [0, 0.1) is 12.3 Å². The summed E-state index contributed by atoms with van der Waals surface area (Å²) >= 11 is 0. The number of morpholine rings is 1. The lowest BCUT2D eigenvalue weighted by Crippen LogP contribution is -2.53. The SMILES string of the molecule is Cc1cc(C(=N)N)ccc1N1CCOCC1(C)C. The lowest BCUT2D eigenvalue weighted by Gasteiger charge is -2.44.